The van der Waals surface area contributed by atoms with E-state index in [2.05, 4.69) is 67.9 Å². The van der Waals surface area contributed by atoms with Crippen LogP contribution in [0.4, 0.5) is 0 Å². The molecule has 0 bridgehead atoms. The molecule has 0 aliphatic rings. The van der Waals surface area contributed by atoms with E-state index >= 15 is 0 Å². The van der Waals surface area contributed by atoms with Gasteiger partial charge in [0.2, 0.25) is 0 Å². The standard InChI is InChI=1S/B16H16S/c1-10(2)15(11(3)4)14(9-17)16(12(5)6)13(7)8/h1-8H2. The Balaban J connectivity index is 5.18. The van der Waals surface area contributed by atoms with Crippen LogP contribution in [0.25, 0.3) is 0 Å². The van der Waals surface area contributed by atoms with Crippen molar-refractivity contribution in [3.63, 3.8) is 0 Å². The van der Waals surface area contributed by atoms with Crippen molar-refractivity contribution >= 4 is 125 Å². The second kappa shape index (κ2) is 8.43. The Bertz CT molecular complexity index is 180. The fourth-order valence-electron chi connectivity index (χ4n) is 3.76. The Hall–Kier alpha value is 1.26. The van der Waals surface area contributed by atoms with E-state index in [1.165, 1.54) is 0 Å². The summed E-state index contributed by atoms with van der Waals surface area (Å²) in [6.07, 6.45) is 4.83. The summed E-state index contributed by atoms with van der Waals surface area (Å²) in [4.78, 5) is 0. The van der Waals surface area contributed by atoms with Gasteiger partial charge in [-0.1, -0.05) is 0 Å². The van der Waals surface area contributed by atoms with Crippen LogP contribution in [0.5, 0.6) is 0 Å². The van der Waals surface area contributed by atoms with Gasteiger partial charge >= 0.3 is 125 Å². The summed E-state index contributed by atoms with van der Waals surface area (Å²) >= 11 is 5.38. The Kier molecular flexibility index (Phi) is 9.06. The van der Waals surface area contributed by atoms with Crippen LogP contribution >= 0.6 is 12.1 Å². The number of hydrogen-bond donors (Lipinski definition) is 0. The average molecular weight is 221 g/mol. The summed E-state index contributed by atoms with van der Waals surface area (Å²) in [7, 11) is 18.7. The molecule has 0 aromatic heterocycles. The predicted molar refractivity (Wildman–Crippen MR) is 122 cm³/mol. The fourth-order valence-corrected chi connectivity index (χ4v) is 4.12. The van der Waals surface area contributed by atoms with E-state index < -0.39 is 0 Å². The van der Waals surface area contributed by atoms with Crippen molar-refractivity contribution in [2.24, 2.45) is 0 Å². The minimum absolute atomic E-state index is 0.574. The van der Waals surface area contributed by atoms with Gasteiger partial charge in [-0.3, -0.25) is 0 Å². The Morgan fingerprint density at radius 1 is 0.588 bits per heavy atom. The molecule has 0 fully saturated rings. The van der Waals surface area contributed by atoms with Crippen molar-refractivity contribution in [1.29, 1.82) is 0 Å². The minimum atomic E-state index is 0.574. The molecular weight excluding hydrogens is 205 g/mol. The van der Waals surface area contributed by atoms with E-state index in [1.54, 1.807) is 0 Å². The van der Waals surface area contributed by atoms with Crippen molar-refractivity contribution in [1.82, 2.24) is 0 Å². The molecule has 0 aromatic rings. The first kappa shape index (κ1) is 18.3. The molecule has 0 aliphatic heterocycles. The molecular formula is H16B16S. The zero-order valence-electron chi connectivity index (χ0n) is 13.0. The third-order valence-electron chi connectivity index (χ3n) is 4.13. The van der Waals surface area contributed by atoms with Gasteiger partial charge in [-0.05, 0) is 0 Å². The first-order valence-electron chi connectivity index (χ1n) is 7.19. The molecule has 0 spiro atoms. The normalized spacial score (nSPS) is 8.71. The zero-order chi connectivity index (χ0) is 13.7. The van der Waals surface area contributed by atoms with E-state index in [0.717, 1.165) is 0 Å². The number of hydrogen-bond acceptors (Lipinski definition) is 1. The van der Waals surface area contributed by atoms with Crippen molar-refractivity contribution in [3.05, 3.63) is 0 Å². The number of rotatable bonds is 7. The van der Waals surface area contributed by atoms with Gasteiger partial charge in [0.1, 0.15) is 0 Å². The van der Waals surface area contributed by atoms with Crippen LogP contribution in [-0.2, 0) is 0 Å². The molecule has 0 aliphatic carbocycles. The molecule has 0 saturated heterocycles. The molecule has 0 radical (unpaired) electrons. The van der Waals surface area contributed by atoms with Crippen molar-refractivity contribution < 1.29 is 0 Å². The second-order valence-corrected chi connectivity index (χ2v) is 7.12. The molecule has 0 amide bonds. The molecule has 0 N–H and O–H groups in total. The summed E-state index contributed by atoms with van der Waals surface area (Å²) in [5.41, 5.74) is 0. The van der Waals surface area contributed by atoms with E-state index in [-0.39, 0.29) is 0 Å². The maximum absolute atomic E-state index is 5.38. The van der Waals surface area contributed by atoms with Crippen molar-refractivity contribution in [3.8, 4) is 0 Å². The summed E-state index contributed by atoms with van der Waals surface area (Å²) in [6, 6.07) is 2.06. The van der Waals surface area contributed by atoms with Crippen molar-refractivity contribution in [2.75, 3.05) is 0 Å². The fraction of sp³-hybridized carbons (Fsp3) is 0. The summed E-state index contributed by atoms with van der Waals surface area (Å²) in [6.45, 7) is 0. The molecule has 0 saturated carbocycles. The van der Waals surface area contributed by atoms with Gasteiger partial charge in [0.15, 0.2) is 0 Å². The third-order valence-corrected chi connectivity index (χ3v) is 4.44. The van der Waals surface area contributed by atoms with E-state index in [9.17, 15) is 0 Å². The van der Waals surface area contributed by atoms with Crippen LogP contribution in [0, 0.1) is 0 Å². The zero-order valence-corrected chi connectivity index (χ0v) is 13.8. The Morgan fingerprint density at radius 2 is 0.824 bits per heavy atom. The quantitative estimate of drug-likeness (QED) is 0.385. The Morgan fingerprint density at radius 3 is 0.941 bits per heavy atom. The topological polar surface area (TPSA) is 0 Å². The summed E-state index contributed by atoms with van der Waals surface area (Å²) < 4.78 is 0. The molecule has 0 unspecified atom stereocenters. The SMILES string of the molecule is BB(B)B(B(B)B)B(B=S)B(B(B)B)B(B)B. The molecule has 0 atom stereocenters. The second-order valence-electron chi connectivity index (χ2n) is 6.84. The van der Waals surface area contributed by atoms with Gasteiger partial charge in [-0.2, -0.15) is 0 Å². The first-order valence-corrected chi connectivity index (χ1v) is 7.66. The monoisotopic (exact) mass is 224 g/mol. The molecule has 0 rings (SSSR count). The molecule has 0 nitrogen and oxygen atoms in total. The van der Waals surface area contributed by atoms with Gasteiger partial charge in [0.25, 0.3) is 0 Å². The molecule has 0 aromatic carbocycles. The molecule has 17 heavy (non-hydrogen) atoms. The molecule has 17 heteroatoms. The van der Waals surface area contributed by atoms with Crippen LogP contribution in [0.3, 0.4) is 0 Å². The Labute approximate surface area is 124 Å². The third kappa shape index (κ3) is 5.41. The van der Waals surface area contributed by atoms with Crippen molar-refractivity contribution in [2.45, 2.75) is 0 Å². The van der Waals surface area contributed by atoms with Crippen LogP contribution in [-0.4, -0.2) is 113 Å². The van der Waals surface area contributed by atoms with Gasteiger partial charge in [0, 0.05) is 0 Å². The van der Waals surface area contributed by atoms with Gasteiger partial charge in [0.05, 0.1) is 0 Å². The summed E-state index contributed by atoms with van der Waals surface area (Å²) in [5, 5.41) is 0. The average Bonchev–Trinajstić information content (AvgIpc) is 2.13. The predicted octanol–water partition coefficient (Wildman–Crippen LogP) is -9.73. The maximum atomic E-state index is 5.38. The summed E-state index contributed by atoms with van der Waals surface area (Å²) in [5.74, 6) is 0. The van der Waals surface area contributed by atoms with E-state index in [1.807, 2.05) is 0 Å². The van der Waals surface area contributed by atoms with E-state index in [4.69, 9.17) is 12.1 Å². The van der Waals surface area contributed by atoms with E-state index in [0.29, 0.717) is 44.7 Å². The van der Waals surface area contributed by atoms with Crippen LogP contribution in [0.2, 0.25) is 0 Å². The molecule has 0 heterocycles. The van der Waals surface area contributed by atoms with Gasteiger partial charge < -0.3 is 0 Å². The van der Waals surface area contributed by atoms with Gasteiger partial charge in [-0.15, -0.1) is 0 Å². The van der Waals surface area contributed by atoms with Crippen LogP contribution < -0.4 is 0 Å². The van der Waals surface area contributed by atoms with Crippen LogP contribution in [0.1, 0.15) is 0 Å². The first-order chi connectivity index (χ1) is 7.73. The molecule has 70 valence electrons. The van der Waals surface area contributed by atoms with Gasteiger partial charge in [-0.25, -0.2) is 0 Å². The van der Waals surface area contributed by atoms with Crippen LogP contribution in [0.15, 0.2) is 0 Å².